The molecule has 1 atom stereocenters. The first-order valence-electron chi connectivity index (χ1n) is 6.70. The van der Waals surface area contributed by atoms with Crippen molar-refractivity contribution in [1.29, 1.82) is 0 Å². The van der Waals surface area contributed by atoms with Gasteiger partial charge in [0.05, 0.1) is 6.42 Å². The summed E-state index contributed by atoms with van der Waals surface area (Å²) >= 11 is 0. The number of hydrogen-bond acceptors (Lipinski definition) is 3. The van der Waals surface area contributed by atoms with Gasteiger partial charge in [0, 0.05) is 11.1 Å². The second-order valence-corrected chi connectivity index (χ2v) is 5.00. The SMILES string of the molecule is C=C1CC(=O)OC1(C(=O)c1ccccc1)c1ccccc1. The van der Waals surface area contributed by atoms with Gasteiger partial charge >= 0.3 is 5.97 Å². The Hall–Kier alpha value is -2.68. The first-order chi connectivity index (χ1) is 10.1. The molecule has 1 heterocycles. The monoisotopic (exact) mass is 278 g/mol. The first-order valence-corrected chi connectivity index (χ1v) is 6.70. The summed E-state index contributed by atoms with van der Waals surface area (Å²) in [5, 5.41) is 0. The van der Waals surface area contributed by atoms with Gasteiger partial charge in [-0.05, 0) is 5.57 Å². The molecule has 0 spiro atoms. The summed E-state index contributed by atoms with van der Waals surface area (Å²) in [6, 6.07) is 17.9. The number of ketones is 1. The van der Waals surface area contributed by atoms with Crippen LogP contribution in [0.3, 0.4) is 0 Å². The van der Waals surface area contributed by atoms with Crippen LogP contribution in [-0.2, 0) is 15.1 Å². The predicted molar refractivity (Wildman–Crippen MR) is 78.7 cm³/mol. The van der Waals surface area contributed by atoms with E-state index in [2.05, 4.69) is 6.58 Å². The highest BCUT2D eigenvalue weighted by Crippen LogP contribution is 2.43. The van der Waals surface area contributed by atoms with Crippen LogP contribution in [0.15, 0.2) is 72.8 Å². The average Bonchev–Trinajstić information content (AvgIpc) is 2.84. The molecule has 1 saturated heterocycles. The molecule has 0 aliphatic carbocycles. The van der Waals surface area contributed by atoms with Gasteiger partial charge in [-0.15, -0.1) is 0 Å². The molecule has 0 radical (unpaired) electrons. The van der Waals surface area contributed by atoms with Crippen molar-refractivity contribution in [3.8, 4) is 0 Å². The molecule has 3 heteroatoms. The van der Waals surface area contributed by atoms with Gasteiger partial charge < -0.3 is 4.74 Å². The third-order valence-corrected chi connectivity index (χ3v) is 3.66. The second kappa shape index (κ2) is 5.02. The molecule has 2 aromatic rings. The van der Waals surface area contributed by atoms with Crippen LogP contribution in [0.1, 0.15) is 22.3 Å². The van der Waals surface area contributed by atoms with E-state index in [4.69, 9.17) is 4.74 Å². The highest BCUT2D eigenvalue weighted by molar-refractivity contribution is 6.08. The molecule has 0 N–H and O–H groups in total. The molecule has 104 valence electrons. The Kier molecular flexibility index (Phi) is 3.18. The third-order valence-electron chi connectivity index (χ3n) is 3.66. The zero-order valence-electron chi connectivity index (χ0n) is 11.4. The minimum absolute atomic E-state index is 0.0630. The Morgan fingerprint density at radius 2 is 1.57 bits per heavy atom. The van der Waals surface area contributed by atoms with Crippen molar-refractivity contribution in [2.24, 2.45) is 0 Å². The maximum absolute atomic E-state index is 13.0. The quantitative estimate of drug-likeness (QED) is 0.491. The molecular weight excluding hydrogens is 264 g/mol. The van der Waals surface area contributed by atoms with Crippen LogP contribution in [0, 0.1) is 0 Å². The fraction of sp³-hybridized carbons (Fsp3) is 0.111. The van der Waals surface area contributed by atoms with E-state index in [9.17, 15) is 9.59 Å². The summed E-state index contributed by atoms with van der Waals surface area (Å²) in [5.41, 5.74) is 0.208. The van der Waals surface area contributed by atoms with Gasteiger partial charge in [-0.1, -0.05) is 67.2 Å². The van der Waals surface area contributed by atoms with Crippen LogP contribution in [0.25, 0.3) is 0 Å². The number of carbonyl (C=O) groups is 2. The van der Waals surface area contributed by atoms with Crippen LogP contribution in [-0.4, -0.2) is 11.8 Å². The molecular formula is C18H14O3. The molecule has 3 nitrogen and oxygen atoms in total. The summed E-state index contributed by atoms with van der Waals surface area (Å²) < 4.78 is 5.48. The smallest absolute Gasteiger partial charge is 0.311 e. The maximum atomic E-state index is 13.0. The largest absolute Gasteiger partial charge is 0.441 e. The number of rotatable bonds is 3. The van der Waals surface area contributed by atoms with E-state index in [1.165, 1.54) is 0 Å². The Morgan fingerprint density at radius 3 is 2.10 bits per heavy atom. The Balaban J connectivity index is 2.17. The van der Waals surface area contributed by atoms with E-state index in [1.54, 1.807) is 36.4 Å². The van der Waals surface area contributed by atoms with Crippen LogP contribution in [0.4, 0.5) is 0 Å². The number of esters is 1. The Bertz CT molecular complexity index is 704. The van der Waals surface area contributed by atoms with Crippen LogP contribution >= 0.6 is 0 Å². The minimum atomic E-state index is -1.40. The molecule has 1 fully saturated rings. The van der Waals surface area contributed by atoms with E-state index in [0.717, 1.165) is 0 Å². The lowest BCUT2D eigenvalue weighted by Crippen LogP contribution is -2.37. The lowest BCUT2D eigenvalue weighted by molar-refractivity contribution is -0.145. The molecule has 0 bridgehead atoms. The van der Waals surface area contributed by atoms with Crippen molar-refractivity contribution in [3.05, 3.63) is 83.9 Å². The lowest BCUT2D eigenvalue weighted by Gasteiger charge is -2.28. The van der Waals surface area contributed by atoms with Crippen LogP contribution < -0.4 is 0 Å². The topological polar surface area (TPSA) is 43.4 Å². The number of carbonyl (C=O) groups excluding carboxylic acids is 2. The zero-order valence-corrected chi connectivity index (χ0v) is 11.4. The zero-order chi connectivity index (χ0) is 14.9. The maximum Gasteiger partial charge on any atom is 0.311 e. The van der Waals surface area contributed by atoms with E-state index in [0.29, 0.717) is 16.7 Å². The highest BCUT2D eigenvalue weighted by atomic mass is 16.6. The average molecular weight is 278 g/mol. The van der Waals surface area contributed by atoms with Gasteiger partial charge in [0.15, 0.2) is 0 Å². The third kappa shape index (κ3) is 2.07. The molecule has 1 aliphatic heterocycles. The van der Waals surface area contributed by atoms with Crippen molar-refractivity contribution in [2.45, 2.75) is 12.0 Å². The van der Waals surface area contributed by atoms with Gasteiger partial charge in [-0.3, -0.25) is 9.59 Å². The van der Waals surface area contributed by atoms with Crippen molar-refractivity contribution in [1.82, 2.24) is 0 Å². The normalized spacial score (nSPS) is 21.1. The fourth-order valence-corrected chi connectivity index (χ4v) is 2.64. The second-order valence-electron chi connectivity index (χ2n) is 5.00. The molecule has 0 amide bonds. The number of benzene rings is 2. The lowest BCUT2D eigenvalue weighted by atomic mass is 9.81. The van der Waals surface area contributed by atoms with E-state index < -0.39 is 11.6 Å². The summed E-state index contributed by atoms with van der Waals surface area (Å²) in [5.74, 6) is -0.682. The van der Waals surface area contributed by atoms with Gasteiger partial charge in [0.25, 0.3) is 0 Å². The molecule has 1 unspecified atom stereocenters. The number of Topliss-reactive ketones (excluding diaryl/α,β-unsaturated/α-hetero) is 1. The summed E-state index contributed by atoms with van der Waals surface area (Å²) in [6.45, 7) is 3.91. The molecule has 0 saturated carbocycles. The van der Waals surface area contributed by atoms with Gasteiger partial charge in [0.1, 0.15) is 0 Å². The van der Waals surface area contributed by atoms with E-state index >= 15 is 0 Å². The Morgan fingerprint density at radius 1 is 1.00 bits per heavy atom. The molecule has 0 aromatic heterocycles. The van der Waals surface area contributed by atoms with Gasteiger partial charge in [-0.2, -0.15) is 0 Å². The number of cyclic esters (lactones) is 1. The summed E-state index contributed by atoms with van der Waals surface area (Å²) in [4.78, 5) is 24.7. The van der Waals surface area contributed by atoms with E-state index in [1.807, 2.05) is 24.3 Å². The van der Waals surface area contributed by atoms with Gasteiger partial charge in [-0.25, -0.2) is 0 Å². The van der Waals surface area contributed by atoms with Crippen molar-refractivity contribution in [2.75, 3.05) is 0 Å². The van der Waals surface area contributed by atoms with Crippen molar-refractivity contribution >= 4 is 11.8 Å². The van der Waals surface area contributed by atoms with Crippen LogP contribution in [0.2, 0.25) is 0 Å². The van der Waals surface area contributed by atoms with Crippen molar-refractivity contribution < 1.29 is 14.3 Å². The summed E-state index contributed by atoms with van der Waals surface area (Å²) in [6.07, 6.45) is 0.0630. The molecule has 1 aliphatic rings. The highest BCUT2D eigenvalue weighted by Gasteiger charge is 2.51. The van der Waals surface area contributed by atoms with Crippen LogP contribution in [0.5, 0.6) is 0 Å². The predicted octanol–water partition coefficient (Wildman–Crippen LogP) is 3.27. The molecule has 3 rings (SSSR count). The Labute approximate surface area is 122 Å². The van der Waals surface area contributed by atoms with E-state index in [-0.39, 0.29) is 12.2 Å². The number of ether oxygens (including phenoxy) is 1. The van der Waals surface area contributed by atoms with Crippen molar-refractivity contribution in [3.63, 3.8) is 0 Å². The first kappa shape index (κ1) is 13.3. The molecule has 21 heavy (non-hydrogen) atoms. The number of hydrogen-bond donors (Lipinski definition) is 0. The standard InChI is InChI=1S/C18H14O3/c1-13-12-16(19)21-18(13,15-10-6-3-7-11-15)17(20)14-8-4-2-5-9-14/h2-11H,1,12H2. The minimum Gasteiger partial charge on any atom is -0.441 e. The van der Waals surface area contributed by atoms with Gasteiger partial charge in [0.2, 0.25) is 11.4 Å². The molecule has 2 aromatic carbocycles. The summed E-state index contributed by atoms with van der Waals surface area (Å²) in [7, 11) is 0. The fourth-order valence-electron chi connectivity index (χ4n) is 2.64.